The van der Waals surface area contributed by atoms with Crippen LogP contribution in [0, 0.1) is 5.41 Å². The SMILES string of the molecule is CC(C)N1CCCC(NCC(O)CC(C)(C)C)CC1. The highest BCUT2D eigenvalue weighted by Gasteiger charge is 2.20. The third-order valence-electron chi connectivity index (χ3n) is 3.98. The Labute approximate surface area is 119 Å². The molecule has 19 heavy (non-hydrogen) atoms. The molecule has 2 atom stereocenters. The average molecular weight is 270 g/mol. The van der Waals surface area contributed by atoms with Crippen molar-refractivity contribution < 1.29 is 5.11 Å². The van der Waals surface area contributed by atoms with Gasteiger partial charge in [-0.25, -0.2) is 0 Å². The highest BCUT2D eigenvalue weighted by Crippen LogP contribution is 2.20. The van der Waals surface area contributed by atoms with Gasteiger partial charge in [0.15, 0.2) is 0 Å². The summed E-state index contributed by atoms with van der Waals surface area (Å²) in [6.07, 6.45) is 4.37. The van der Waals surface area contributed by atoms with Crippen molar-refractivity contribution in [3.8, 4) is 0 Å². The molecule has 3 heteroatoms. The summed E-state index contributed by atoms with van der Waals surface area (Å²) in [5.41, 5.74) is 0.207. The molecule has 2 unspecified atom stereocenters. The summed E-state index contributed by atoms with van der Waals surface area (Å²) < 4.78 is 0. The molecule has 1 aliphatic rings. The van der Waals surface area contributed by atoms with E-state index < -0.39 is 0 Å². The van der Waals surface area contributed by atoms with Crippen LogP contribution in [0.25, 0.3) is 0 Å². The Hall–Kier alpha value is -0.120. The Morgan fingerprint density at radius 3 is 2.47 bits per heavy atom. The number of aliphatic hydroxyl groups excluding tert-OH is 1. The van der Waals surface area contributed by atoms with Crippen molar-refractivity contribution in [1.29, 1.82) is 0 Å². The first-order chi connectivity index (χ1) is 8.78. The average Bonchev–Trinajstić information content (AvgIpc) is 2.49. The van der Waals surface area contributed by atoms with Crippen LogP contribution in [0.1, 0.15) is 60.3 Å². The van der Waals surface area contributed by atoms with Gasteiger partial charge in [-0.2, -0.15) is 0 Å². The molecular weight excluding hydrogens is 236 g/mol. The van der Waals surface area contributed by atoms with E-state index in [9.17, 15) is 5.11 Å². The van der Waals surface area contributed by atoms with Gasteiger partial charge in [-0.05, 0) is 58.0 Å². The summed E-state index contributed by atoms with van der Waals surface area (Å²) in [6, 6.07) is 1.24. The smallest absolute Gasteiger partial charge is 0.0669 e. The number of nitrogens with zero attached hydrogens (tertiary/aromatic N) is 1. The largest absolute Gasteiger partial charge is 0.392 e. The molecule has 0 aromatic rings. The van der Waals surface area contributed by atoms with E-state index in [0.29, 0.717) is 12.1 Å². The topological polar surface area (TPSA) is 35.5 Å². The second-order valence-electron chi connectivity index (χ2n) is 7.58. The summed E-state index contributed by atoms with van der Waals surface area (Å²) >= 11 is 0. The van der Waals surface area contributed by atoms with Crippen molar-refractivity contribution in [3.05, 3.63) is 0 Å². The number of likely N-dealkylation sites (tertiary alicyclic amines) is 1. The van der Waals surface area contributed by atoms with E-state index in [1.807, 2.05) is 0 Å². The van der Waals surface area contributed by atoms with E-state index in [0.717, 1.165) is 13.0 Å². The number of rotatable bonds is 5. The molecule has 0 spiro atoms. The highest BCUT2D eigenvalue weighted by atomic mass is 16.3. The monoisotopic (exact) mass is 270 g/mol. The number of hydrogen-bond acceptors (Lipinski definition) is 3. The summed E-state index contributed by atoms with van der Waals surface area (Å²) in [5, 5.41) is 13.6. The predicted molar refractivity (Wildman–Crippen MR) is 82.4 cm³/mol. The van der Waals surface area contributed by atoms with Gasteiger partial charge in [0.05, 0.1) is 6.10 Å². The van der Waals surface area contributed by atoms with Gasteiger partial charge >= 0.3 is 0 Å². The molecule has 1 aliphatic heterocycles. The maximum absolute atomic E-state index is 10.1. The highest BCUT2D eigenvalue weighted by molar-refractivity contribution is 4.78. The fraction of sp³-hybridized carbons (Fsp3) is 1.00. The summed E-state index contributed by atoms with van der Waals surface area (Å²) in [6.45, 7) is 14.3. The zero-order valence-corrected chi connectivity index (χ0v) is 13.6. The second-order valence-corrected chi connectivity index (χ2v) is 7.58. The molecule has 0 aromatic carbocycles. The van der Waals surface area contributed by atoms with Gasteiger partial charge in [0, 0.05) is 18.6 Å². The van der Waals surface area contributed by atoms with Crippen LogP contribution in [-0.2, 0) is 0 Å². The Bertz CT molecular complexity index is 248. The first-order valence-corrected chi connectivity index (χ1v) is 7.93. The van der Waals surface area contributed by atoms with Gasteiger partial charge < -0.3 is 15.3 Å². The van der Waals surface area contributed by atoms with E-state index in [4.69, 9.17) is 0 Å². The molecule has 1 saturated heterocycles. The van der Waals surface area contributed by atoms with Gasteiger partial charge in [0.2, 0.25) is 0 Å². The normalized spacial score (nSPS) is 24.5. The van der Waals surface area contributed by atoms with Crippen LogP contribution < -0.4 is 5.32 Å². The lowest BCUT2D eigenvalue weighted by Crippen LogP contribution is -2.38. The van der Waals surface area contributed by atoms with Crippen LogP contribution in [-0.4, -0.2) is 47.8 Å². The minimum atomic E-state index is -0.218. The molecule has 1 fully saturated rings. The minimum Gasteiger partial charge on any atom is -0.392 e. The van der Waals surface area contributed by atoms with Crippen LogP contribution in [0.4, 0.5) is 0 Å². The van der Waals surface area contributed by atoms with Gasteiger partial charge in [0.25, 0.3) is 0 Å². The molecule has 3 nitrogen and oxygen atoms in total. The lowest BCUT2D eigenvalue weighted by molar-refractivity contribution is 0.115. The van der Waals surface area contributed by atoms with E-state index in [1.165, 1.54) is 32.4 Å². The molecule has 2 N–H and O–H groups in total. The lowest BCUT2D eigenvalue weighted by atomic mass is 9.89. The molecule has 1 rings (SSSR count). The predicted octanol–water partition coefficient (Wildman–Crippen LogP) is 2.64. The number of hydrogen-bond donors (Lipinski definition) is 2. The molecule has 0 aromatic heterocycles. The molecule has 0 bridgehead atoms. The molecule has 0 aliphatic carbocycles. The van der Waals surface area contributed by atoms with E-state index in [2.05, 4.69) is 44.8 Å². The van der Waals surface area contributed by atoms with Crippen molar-refractivity contribution in [2.24, 2.45) is 5.41 Å². The molecular formula is C16H34N2O. The molecule has 0 amide bonds. The van der Waals surface area contributed by atoms with Crippen molar-refractivity contribution in [2.45, 2.75) is 78.5 Å². The Morgan fingerprint density at radius 2 is 1.89 bits per heavy atom. The van der Waals surface area contributed by atoms with Crippen LogP contribution in [0.5, 0.6) is 0 Å². The van der Waals surface area contributed by atoms with Crippen LogP contribution in [0.3, 0.4) is 0 Å². The molecule has 1 heterocycles. The minimum absolute atomic E-state index is 0.207. The van der Waals surface area contributed by atoms with Gasteiger partial charge in [-0.15, -0.1) is 0 Å². The summed E-state index contributed by atoms with van der Waals surface area (Å²) in [5.74, 6) is 0. The number of nitrogens with one attached hydrogen (secondary N) is 1. The van der Waals surface area contributed by atoms with Crippen LogP contribution in [0.15, 0.2) is 0 Å². The summed E-state index contributed by atoms with van der Waals surface area (Å²) in [7, 11) is 0. The van der Waals surface area contributed by atoms with E-state index in [1.54, 1.807) is 0 Å². The Balaban J connectivity index is 2.26. The molecule has 0 saturated carbocycles. The first-order valence-electron chi connectivity index (χ1n) is 7.93. The van der Waals surface area contributed by atoms with Gasteiger partial charge in [-0.3, -0.25) is 0 Å². The maximum Gasteiger partial charge on any atom is 0.0669 e. The fourth-order valence-corrected chi connectivity index (χ4v) is 2.92. The van der Waals surface area contributed by atoms with Crippen molar-refractivity contribution in [3.63, 3.8) is 0 Å². The van der Waals surface area contributed by atoms with E-state index in [-0.39, 0.29) is 11.5 Å². The number of aliphatic hydroxyl groups is 1. The summed E-state index contributed by atoms with van der Waals surface area (Å²) in [4.78, 5) is 2.56. The zero-order chi connectivity index (χ0) is 14.5. The van der Waals surface area contributed by atoms with Crippen LogP contribution >= 0.6 is 0 Å². The third kappa shape index (κ3) is 7.28. The third-order valence-corrected chi connectivity index (χ3v) is 3.98. The molecule has 114 valence electrons. The standard InChI is InChI=1S/C16H34N2O/c1-13(2)18-9-6-7-14(8-10-18)17-12-15(19)11-16(3,4)5/h13-15,17,19H,6-12H2,1-5H3. The van der Waals surface area contributed by atoms with Crippen LogP contribution in [0.2, 0.25) is 0 Å². The van der Waals surface area contributed by atoms with Gasteiger partial charge in [-0.1, -0.05) is 20.8 Å². The second kappa shape index (κ2) is 7.61. The Morgan fingerprint density at radius 1 is 1.21 bits per heavy atom. The zero-order valence-electron chi connectivity index (χ0n) is 13.6. The van der Waals surface area contributed by atoms with Crippen molar-refractivity contribution >= 4 is 0 Å². The van der Waals surface area contributed by atoms with Crippen molar-refractivity contribution in [1.82, 2.24) is 10.2 Å². The molecule has 0 radical (unpaired) electrons. The quantitative estimate of drug-likeness (QED) is 0.806. The van der Waals surface area contributed by atoms with Crippen molar-refractivity contribution in [2.75, 3.05) is 19.6 Å². The van der Waals surface area contributed by atoms with E-state index >= 15 is 0 Å². The fourth-order valence-electron chi connectivity index (χ4n) is 2.92. The lowest BCUT2D eigenvalue weighted by Gasteiger charge is -2.25. The first kappa shape index (κ1) is 16.9. The van der Waals surface area contributed by atoms with Gasteiger partial charge in [0.1, 0.15) is 0 Å². The Kier molecular flexibility index (Phi) is 6.78. The maximum atomic E-state index is 10.1.